The van der Waals surface area contributed by atoms with Crippen LogP contribution >= 0.6 is 22.9 Å². The van der Waals surface area contributed by atoms with Gasteiger partial charge in [0, 0.05) is 31.4 Å². The van der Waals surface area contributed by atoms with Crippen LogP contribution in [-0.4, -0.2) is 44.3 Å². The van der Waals surface area contributed by atoms with E-state index in [0.717, 1.165) is 53.9 Å². The monoisotopic (exact) mass is 408 g/mol. The molecule has 0 spiro atoms. The topological polar surface area (TPSA) is 67.8 Å². The summed E-state index contributed by atoms with van der Waals surface area (Å²) in [5, 5.41) is 8.40. The van der Waals surface area contributed by atoms with E-state index in [0.29, 0.717) is 24.0 Å². The van der Waals surface area contributed by atoms with Gasteiger partial charge in [0.15, 0.2) is 17.5 Å². The van der Waals surface area contributed by atoms with Gasteiger partial charge in [-0.3, -0.25) is 4.99 Å². The fraction of sp³-hybridized carbons (Fsp3) is 0.474. The Bertz CT molecular complexity index is 803. The standard InChI is InChI=1S/C19H25ClN4O2S/c1-12-13(2)27-17(24-12)5-7-23-19(21-3)22-6-4-14-10-15(20)18-16(11-14)25-8-9-26-18/h10-11H,4-9H2,1-3H3,(H2,21,22,23). The number of aromatic nitrogens is 1. The fourth-order valence-corrected chi connectivity index (χ4v) is 4.01. The number of nitrogens with zero attached hydrogens (tertiary/aromatic N) is 2. The van der Waals surface area contributed by atoms with Gasteiger partial charge < -0.3 is 20.1 Å². The molecule has 0 fully saturated rings. The van der Waals surface area contributed by atoms with Crippen LogP contribution in [0.1, 0.15) is 21.1 Å². The van der Waals surface area contributed by atoms with E-state index in [1.807, 2.05) is 19.1 Å². The minimum absolute atomic E-state index is 0.537. The normalized spacial score (nSPS) is 13.6. The summed E-state index contributed by atoms with van der Waals surface area (Å²) in [6.45, 7) is 6.78. The van der Waals surface area contributed by atoms with Crippen LogP contribution in [0.25, 0.3) is 0 Å². The second kappa shape index (κ2) is 9.28. The summed E-state index contributed by atoms with van der Waals surface area (Å²) in [4.78, 5) is 10.1. The number of guanidine groups is 1. The first kappa shape index (κ1) is 19.8. The average molecular weight is 409 g/mol. The molecule has 0 amide bonds. The number of halogens is 1. The lowest BCUT2D eigenvalue weighted by Crippen LogP contribution is -2.39. The predicted molar refractivity (Wildman–Crippen MR) is 111 cm³/mol. The maximum atomic E-state index is 6.29. The van der Waals surface area contributed by atoms with Gasteiger partial charge in [-0.2, -0.15) is 0 Å². The Hall–Kier alpha value is -1.99. The molecule has 0 saturated carbocycles. The van der Waals surface area contributed by atoms with E-state index in [2.05, 4.69) is 27.5 Å². The predicted octanol–water partition coefficient (Wildman–Crippen LogP) is 3.13. The summed E-state index contributed by atoms with van der Waals surface area (Å²) in [7, 11) is 1.77. The van der Waals surface area contributed by atoms with Gasteiger partial charge in [-0.25, -0.2) is 4.98 Å². The van der Waals surface area contributed by atoms with E-state index in [-0.39, 0.29) is 0 Å². The number of thiazole rings is 1. The smallest absolute Gasteiger partial charge is 0.191 e. The number of rotatable bonds is 6. The largest absolute Gasteiger partial charge is 0.486 e. The Kier molecular flexibility index (Phi) is 6.79. The molecular formula is C19H25ClN4O2S. The van der Waals surface area contributed by atoms with E-state index in [4.69, 9.17) is 21.1 Å². The molecule has 0 bridgehead atoms. The molecule has 0 saturated heterocycles. The van der Waals surface area contributed by atoms with Crippen molar-refractivity contribution in [3.8, 4) is 11.5 Å². The maximum Gasteiger partial charge on any atom is 0.191 e. The summed E-state index contributed by atoms with van der Waals surface area (Å²) >= 11 is 8.04. The molecule has 2 heterocycles. The number of aliphatic imine (C=N–C) groups is 1. The molecular weight excluding hydrogens is 384 g/mol. The Morgan fingerprint density at radius 3 is 2.63 bits per heavy atom. The van der Waals surface area contributed by atoms with Gasteiger partial charge in [-0.15, -0.1) is 11.3 Å². The van der Waals surface area contributed by atoms with E-state index >= 15 is 0 Å². The first-order valence-electron chi connectivity index (χ1n) is 9.02. The molecule has 0 radical (unpaired) electrons. The van der Waals surface area contributed by atoms with E-state index in [1.54, 1.807) is 18.4 Å². The Balaban J connectivity index is 1.45. The summed E-state index contributed by atoms with van der Waals surface area (Å²) in [5.74, 6) is 2.15. The molecule has 8 heteroatoms. The number of aryl methyl sites for hydroxylation is 2. The van der Waals surface area contributed by atoms with E-state index < -0.39 is 0 Å². The van der Waals surface area contributed by atoms with Gasteiger partial charge in [-0.1, -0.05) is 11.6 Å². The third-order valence-electron chi connectivity index (χ3n) is 4.29. The summed E-state index contributed by atoms with van der Waals surface area (Å²) in [6, 6.07) is 3.92. The van der Waals surface area contributed by atoms with Crippen LogP contribution in [0, 0.1) is 13.8 Å². The molecule has 27 heavy (non-hydrogen) atoms. The van der Waals surface area contributed by atoms with Crippen molar-refractivity contribution in [3.63, 3.8) is 0 Å². The van der Waals surface area contributed by atoms with Gasteiger partial charge >= 0.3 is 0 Å². The van der Waals surface area contributed by atoms with Gasteiger partial charge in [-0.05, 0) is 38.0 Å². The van der Waals surface area contributed by atoms with Crippen LogP contribution in [0.3, 0.4) is 0 Å². The third-order valence-corrected chi connectivity index (χ3v) is 5.70. The molecule has 0 unspecified atom stereocenters. The van der Waals surface area contributed by atoms with Crippen molar-refractivity contribution >= 4 is 28.9 Å². The second-order valence-corrected chi connectivity index (χ2v) is 7.97. The lowest BCUT2D eigenvalue weighted by molar-refractivity contribution is 0.171. The van der Waals surface area contributed by atoms with Crippen molar-refractivity contribution in [2.24, 2.45) is 4.99 Å². The zero-order valence-electron chi connectivity index (χ0n) is 15.9. The Labute approximate surface area is 169 Å². The zero-order valence-corrected chi connectivity index (χ0v) is 17.5. The zero-order chi connectivity index (χ0) is 19.2. The van der Waals surface area contributed by atoms with Crippen LogP contribution in [-0.2, 0) is 12.8 Å². The lowest BCUT2D eigenvalue weighted by Gasteiger charge is -2.20. The van der Waals surface area contributed by atoms with Gasteiger partial charge in [0.25, 0.3) is 0 Å². The van der Waals surface area contributed by atoms with Gasteiger partial charge in [0.2, 0.25) is 0 Å². The molecule has 0 atom stereocenters. The van der Waals surface area contributed by atoms with Crippen molar-refractivity contribution < 1.29 is 9.47 Å². The van der Waals surface area contributed by atoms with Crippen LogP contribution in [0.2, 0.25) is 5.02 Å². The molecule has 6 nitrogen and oxygen atoms in total. The Morgan fingerprint density at radius 1 is 1.19 bits per heavy atom. The lowest BCUT2D eigenvalue weighted by atomic mass is 10.1. The summed E-state index contributed by atoms with van der Waals surface area (Å²) in [6.07, 6.45) is 1.69. The van der Waals surface area contributed by atoms with Crippen molar-refractivity contribution in [3.05, 3.63) is 38.3 Å². The Morgan fingerprint density at radius 2 is 1.93 bits per heavy atom. The van der Waals surface area contributed by atoms with Crippen LogP contribution in [0.5, 0.6) is 11.5 Å². The van der Waals surface area contributed by atoms with Crippen LogP contribution in [0.15, 0.2) is 17.1 Å². The van der Waals surface area contributed by atoms with Crippen molar-refractivity contribution in [2.75, 3.05) is 33.4 Å². The summed E-state index contributed by atoms with van der Waals surface area (Å²) < 4.78 is 11.2. The highest BCUT2D eigenvalue weighted by Crippen LogP contribution is 2.38. The number of benzene rings is 1. The molecule has 1 aromatic carbocycles. The average Bonchev–Trinajstić information content (AvgIpc) is 2.98. The molecule has 1 aromatic heterocycles. The SMILES string of the molecule is CN=C(NCCc1cc(Cl)c2c(c1)OCCO2)NCCc1nc(C)c(C)s1. The third kappa shape index (κ3) is 5.26. The van der Waals surface area contributed by atoms with Gasteiger partial charge in [0.1, 0.15) is 13.2 Å². The van der Waals surface area contributed by atoms with E-state index in [9.17, 15) is 0 Å². The number of ether oxygens (including phenoxy) is 2. The maximum absolute atomic E-state index is 6.29. The molecule has 0 aliphatic carbocycles. The molecule has 2 aromatic rings. The van der Waals surface area contributed by atoms with Crippen molar-refractivity contribution in [1.82, 2.24) is 15.6 Å². The van der Waals surface area contributed by atoms with E-state index in [1.165, 1.54) is 4.88 Å². The molecule has 146 valence electrons. The number of nitrogens with one attached hydrogen (secondary N) is 2. The highest BCUT2D eigenvalue weighted by atomic mass is 35.5. The first-order chi connectivity index (χ1) is 13.1. The van der Waals surface area contributed by atoms with Crippen molar-refractivity contribution in [1.29, 1.82) is 0 Å². The number of fused-ring (bicyclic) bond motifs is 1. The van der Waals surface area contributed by atoms with Crippen LogP contribution < -0.4 is 20.1 Å². The quantitative estimate of drug-likeness (QED) is 0.567. The summed E-state index contributed by atoms with van der Waals surface area (Å²) in [5.41, 5.74) is 2.22. The van der Waals surface area contributed by atoms with Gasteiger partial charge in [0.05, 0.1) is 15.7 Å². The first-order valence-corrected chi connectivity index (χ1v) is 10.2. The second-order valence-electron chi connectivity index (χ2n) is 6.28. The molecule has 1 aliphatic heterocycles. The number of hydrogen-bond acceptors (Lipinski definition) is 5. The van der Waals surface area contributed by atoms with Crippen molar-refractivity contribution in [2.45, 2.75) is 26.7 Å². The minimum atomic E-state index is 0.537. The van der Waals surface area contributed by atoms with Crippen LogP contribution in [0.4, 0.5) is 0 Å². The minimum Gasteiger partial charge on any atom is -0.486 e. The number of hydrogen-bond donors (Lipinski definition) is 2. The molecule has 2 N–H and O–H groups in total. The fourth-order valence-electron chi connectivity index (χ4n) is 2.79. The molecule has 3 rings (SSSR count). The highest BCUT2D eigenvalue weighted by Gasteiger charge is 2.16. The molecule has 1 aliphatic rings. The highest BCUT2D eigenvalue weighted by molar-refractivity contribution is 7.11.